The van der Waals surface area contributed by atoms with Gasteiger partial charge in [-0.05, 0) is 103 Å². The van der Waals surface area contributed by atoms with Crippen LogP contribution in [0.4, 0.5) is 10.1 Å². The van der Waals surface area contributed by atoms with Crippen molar-refractivity contribution >= 4 is 17.5 Å². The SMILES string of the molecule is C/C=C/C=Nc1ccc(C2=CC(NCc3ccc(ON)c(C)c3)=CN(C)C2c2ccc(F)c(C)c2)cc1C. The highest BCUT2D eigenvalue weighted by molar-refractivity contribution is 5.78. The molecular weight excluding hydrogens is 475 g/mol. The lowest BCUT2D eigenvalue weighted by molar-refractivity contribution is 0.332. The molecule has 0 aliphatic carbocycles. The van der Waals surface area contributed by atoms with E-state index in [1.54, 1.807) is 19.2 Å². The Morgan fingerprint density at radius 1 is 1.03 bits per heavy atom. The third-order valence-corrected chi connectivity index (χ3v) is 6.74. The molecule has 0 radical (unpaired) electrons. The van der Waals surface area contributed by atoms with Crippen LogP contribution in [0.15, 0.2) is 89.7 Å². The van der Waals surface area contributed by atoms with Crippen LogP contribution in [0.5, 0.6) is 5.75 Å². The topological polar surface area (TPSA) is 62.9 Å². The Hall–Kier alpha value is -4.16. The Balaban J connectivity index is 1.70. The van der Waals surface area contributed by atoms with E-state index in [4.69, 9.17) is 10.7 Å². The zero-order valence-corrected chi connectivity index (χ0v) is 22.6. The Labute approximate surface area is 224 Å². The molecule has 0 saturated carbocycles. The predicted octanol–water partition coefficient (Wildman–Crippen LogP) is 6.98. The van der Waals surface area contributed by atoms with Crippen LogP contribution < -0.4 is 16.1 Å². The second-order valence-corrected chi connectivity index (χ2v) is 9.64. The zero-order valence-electron chi connectivity index (χ0n) is 22.6. The van der Waals surface area contributed by atoms with Crippen molar-refractivity contribution in [2.24, 2.45) is 10.9 Å². The van der Waals surface area contributed by atoms with Gasteiger partial charge in [-0.25, -0.2) is 4.39 Å². The summed E-state index contributed by atoms with van der Waals surface area (Å²) in [5.74, 6) is 5.80. The first-order valence-corrected chi connectivity index (χ1v) is 12.7. The van der Waals surface area contributed by atoms with Crippen molar-refractivity contribution in [3.05, 3.63) is 124 Å². The third kappa shape index (κ3) is 6.03. The summed E-state index contributed by atoms with van der Waals surface area (Å²) >= 11 is 0. The van der Waals surface area contributed by atoms with Crippen molar-refractivity contribution in [1.82, 2.24) is 10.2 Å². The molecule has 4 rings (SSSR count). The van der Waals surface area contributed by atoms with Gasteiger partial charge in [0, 0.05) is 26.0 Å². The summed E-state index contributed by atoms with van der Waals surface area (Å²) in [4.78, 5) is 11.6. The van der Waals surface area contributed by atoms with Gasteiger partial charge >= 0.3 is 0 Å². The molecule has 1 aliphatic heterocycles. The number of hydrogen-bond donors (Lipinski definition) is 2. The van der Waals surface area contributed by atoms with E-state index in [0.717, 1.165) is 44.8 Å². The summed E-state index contributed by atoms with van der Waals surface area (Å²) in [5.41, 5.74) is 9.00. The maximum atomic E-state index is 14.1. The number of hydrogen-bond acceptors (Lipinski definition) is 5. The molecule has 5 nitrogen and oxygen atoms in total. The molecule has 1 heterocycles. The number of benzene rings is 3. The van der Waals surface area contributed by atoms with E-state index in [1.807, 2.05) is 56.3 Å². The first-order chi connectivity index (χ1) is 18.3. The quantitative estimate of drug-likeness (QED) is 0.253. The van der Waals surface area contributed by atoms with E-state index < -0.39 is 0 Å². The van der Waals surface area contributed by atoms with E-state index in [1.165, 1.54) is 0 Å². The van der Waals surface area contributed by atoms with Crippen LogP contribution in [0, 0.1) is 26.6 Å². The second kappa shape index (κ2) is 11.9. The molecule has 1 unspecified atom stereocenters. The van der Waals surface area contributed by atoms with Gasteiger partial charge in [-0.15, -0.1) is 0 Å². The number of allylic oxidation sites excluding steroid dienone is 3. The minimum Gasteiger partial charge on any atom is -0.411 e. The molecule has 3 N–H and O–H groups in total. The molecule has 1 atom stereocenters. The monoisotopic (exact) mass is 510 g/mol. The summed E-state index contributed by atoms with van der Waals surface area (Å²) < 4.78 is 14.1. The van der Waals surface area contributed by atoms with Crippen molar-refractivity contribution < 1.29 is 9.23 Å². The molecule has 0 amide bonds. The molecule has 0 saturated heterocycles. The number of aliphatic imine (C=N–C) groups is 1. The molecule has 3 aromatic carbocycles. The molecule has 0 aromatic heterocycles. The molecular formula is C32H35FN4O. The van der Waals surface area contributed by atoms with Gasteiger partial charge in [-0.2, -0.15) is 5.90 Å². The Kier molecular flexibility index (Phi) is 8.44. The summed E-state index contributed by atoms with van der Waals surface area (Å²) in [6.45, 7) is 8.46. The Morgan fingerprint density at radius 3 is 2.53 bits per heavy atom. The van der Waals surface area contributed by atoms with Crippen LogP contribution >= 0.6 is 0 Å². The lowest BCUT2D eigenvalue weighted by atomic mass is 9.88. The highest BCUT2D eigenvalue weighted by Gasteiger charge is 2.26. The van der Waals surface area contributed by atoms with Crippen LogP contribution in [0.3, 0.4) is 0 Å². The number of likely N-dealkylation sites (N-methyl/N-ethyl adjacent to an activating group) is 1. The zero-order chi connectivity index (χ0) is 27.2. The average Bonchev–Trinajstić information content (AvgIpc) is 2.90. The first-order valence-electron chi connectivity index (χ1n) is 12.7. The van der Waals surface area contributed by atoms with Gasteiger partial charge < -0.3 is 15.1 Å². The summed E-state index contributed by atoms with van der Waals surface area (Å²) in [6, 6.07) is 17.6. The largest absolute Gasteiger partial charge is 0.411 e. The lowest BCUT2D eigenvalue weighted by Crippen LogP contribution is -2.27. The summed E-state index contributed by atoms with van der Waals surface area (Å²) in [6.07, 6.45) is 9.95. The summed E-state index contributed by atoms with van der Waals surface area (Å²) in [7, 11) is 2.05. The molecule has 0 spiro atoms. The highest BCUT2D eigenvalue weighted by atomic mass is 19.1. The second-order valence-electron chi connectivity index (χ2n) is 9.64. The standard InChI is InChI=1S/C32H35FN4O/c1-6-7-14-35-30-12-10-25(17-22(30)3)28-18-27(36-19-24-8-13-31(38-34)23(4)15-24)20-37(5)32(28)26-9-11-29(33)21(2)16-26/h6-18,20,32,36H,19,34H2,1-5H3/b7-6+,35-14?. The van der Waals surface area contributed by atoms with Gasteiger partial charge in [-0.3, -0.25) is 4.99 Å². The fourth-order valence-electron chi connectivity index (χ4n) is 4.73. The number of rotatable bonds is 8. The predicted molar refractivity (Wildman–Crippen MR) is 155 cm³/mol. The number of halogens is 1. The van der Waals surface area contributed by atoms with E-state index in [9.17, 15) is 4.39 Å². The van der Waals surface area contributed by atoms with Gasteiger partial charge in [0.2, 0.25) is 0 Å². The minimum atomic E-state index is -0.198. The average molecular weight is 511 g/mol. The number of nitrogens with one attached hydrogen (secondary N) is 1. The Bertz CT molecular complexity index is 1440. The minimum absolute atomic E-state index is 0.0696. The maximum absolute atomic E-state index is 14.1. The van der Waals surface area contributed by atoms with Crippen molar-refractivity contribution in [3.8, 4) is 5.75 Å². The molecule has 1 aliphatic rings. The van der Waals surface area contributed by atoms with Gasteiger partial charge in [-0.1, -0.05) is 36.4 Å². The van der Waals surface area contributed by atoms with Gasteiger partial charge in [0.15, 0.2) is 0 Å². The third-order valence-electron chi connectivity index (χ3n) is 6.74. The highest BCUT2D eigenvalue weighted by Crippen LogP contribution is 2.40. The van der Waals surface area contributed by atoms with Gasteiger partial charge in [0.1, 0.15) is 11.6 Å². The molecule has 0 bridgehead atoms. The van der Waals surface area contributed by atoms with Crippen LogP contribution in [0.2, 0.25) is 0 Å². The maximum Gasteiger partial charge on any atom is 0.149 e. The molecule has 6 heteroatoms. The van der Waals surface area contributed by atoms with Crippen molar-refractivity contribution in [2.75, 3.05) is 7.05 Å². The van der Waals surface area contributed by atoms with Crippen LogP contribution in [-0.4, -0.2) is 18.2 Å². The molecule has 196 valence electrons. The number of nitrogens with two attached hydrogens (primary N) is 1. The smallest absolute Gasteiger partial charge is 0.149 e. The van der Waals surface area contributed by atoms with E-state index in [0.29, 0.717) is 17.9 Å². The Morgan fingerprint density at radius 2 is 1.84 bits per heavy atom. The van der Waals surface area contributed by atoms with Crippen LogP contribution in [0.25, 0.3) is 5.57 Å². The summed E-state index contributed by atoms with van der Waals surface area (Å²) in [5, 5.41) is 3.57. The fourth-order valence-corrected chi connectivity index (χ4v) is 4.73. The lowest BCUT2D eigenvalue weighted by Gasteiger charge is -2.35. The van der Waals surface area contributed by atoms with Gasteiger partial charge in [0.25, 0.3) is 0 Å². The van der Waals surface area contributed by atoms with Crippen LogP contribution in [-0.2, 0) is 6.54 Å². The van der Waals surface area contributed by atoms with Crippen LogP contribution in [0.1, 0.15) is 46.3 Å². The van der Waals surface area contributed by atoms with Crippen molar-refractivity contribution in [2.45, 2.75) is 40.3 Å². The molecule has 0 fully saturated rings. The molecule has 3 aromatic rings. The first kappa shape index (κ1) is 26.9. The van der Waals surface area contributed by atoms with Gasteiger partial charge in [0.05, 0.1) is 17.4 Å². The van der Waals surface area contributed by atoms with Crippen molar-refractivity contribution in [1.29, 1.82) is 0 Å². The van der Waals surface area contributed by atoms with E-state index in [-0.39, 0.29) is 11.9 Å². The number of nitrogens with zero attached hydrogens (tertiary/aromatic N) is 2. The molecule has 38 heavy (non-hydrogen) atoms. The van der Waals surface area contributed by atoms with E-state index in [2.05, 4.69) is 59.7 Å². The van der Waals surface area contributed by atoms with Crippen molar-refractivity contribution in [3.63, 3.8) is 0 Å². The fraction of sp³-hybridized carbons (Fsp3) is 0.219. The normalized spacial score (nSPS) is 15.7. The van der Waals surface area contributed by atoms with E-state index >= 15 is 0 Å². The number of aryl methyl sites for hydroxylation is 3.